The molecule has 0 saturated heterocycles. The first-order chi connectivity index (χ1) is 14.0. The Morgan fingerprint density at radius 2 is 1.93 bits per heavy atom. The van der Waals surface area contributed by atoms with Crippen molar-refractivity contribution in [1.82, 2.24) is 9.97 Å². The maximum atomic E-state index is 11.3. The van der Waals surface area contributed by atoms with Gasteiger partial charge in [0.25, 0.3) is 0 Å². The molecule has 29 heavy (non-hydrogen) atoms. The standard InChI is InChI=1S/C21H18N4O3S/c1-12-4-6-15(13(2)8-12)16-10-29-21-19(16)20(22-11-23-21)24-14-5-7-18(28-3)17(9-14)25(26)27/h4-11H,1-3H3,(H,22,23,24). The number of thiophene rings is 1. The van der Waals surface area contributed by atoms with Gasteiger partial charge in [-0.15, -0.1) is 11.3 Å². The smallest absolute Gasteiger partial charge is 0.312 e. The van der Waals surface area contributed by atoms with E-state index >= 15 is 0 Å². The molecule has 7 nitrogen and oxygen atoms in total. The van der Waals surface area contributed by atoms with Crippen molar-refractivity contribution >= 4 is 38.7 Å². The SMILES string of the molecule is COc1ccc(Nc2ncnc3scc(-c4ccc(C)cc4C)c23)cc1[N+](=O)[O-]. The molecule has 4 aromatic rings. The normalized spacial score (nSPS) is 10.9. The number of ether oxygens (including phenoxy) is 1. The molecular weight excluding hydrogens is 388 g/mol. The highest BCUT2D eigenvalue weighted by molar-refractivity contribution is 7.17. The Bertz CT molecular complexity index is 1240. The molecule has 0 aliphatic heterocycles. The molecule has 0 saturated carbocycles. The van der Waals surface area contributed by atoms with Gasteiger partial charge in [-0.3, -0.25) is 10.1 Å². The monoisotopic (exact) mass is 406 g/mol. The third-order valence-corrected chi connectivity index (χ3v) is 5.57. The van der Waals surface area contributed by atoms with Crippen LogP contribution in [0.25, 0.3) is 21.3 Å². The molecule has 0 atom stereocenters. The third-order valence-electron chi connectivity index (χ3n) is 4.68. The predicted octanol–water partition coefficient (Wildman–Crippen LogP) is 5.64. The number of nitrogens with one attached hydrogen (secondary N) is 1. The lowest BCUT2D eigenvalue weighted by atomic mass is 9.99. The Kier molecular flexibility index (Phi) is 4.85. The lowest BCUT2D eigenvalue weighted by Gasteiger charge is -2.11. The molecule has 0 bridgehead atoms. The molecule has 0 unspecified atom stereocenters. The van der Waals surface area contributed by atoms with Gasteiger partial charge in [-0.2, -0.15) is 0 Å². The summed E-state index contributed by atoms with van der Waals surface area (Å²) in [7, 11) is 1.41. The number of fused-ring (bicyclic) bond motifs is 1. The molecule has 8 heteroatoms. The molecule has 0 amide bonds. The van der Waals surface area contributed by atoms with Gasteiger partial charge in [-0.25, -0.2) is 9.97 Å². The minimum atomic E-state index is -0.467. The van der Waals surface area contributed by atoms with Crippen molar-refractivity contribution in [1.29, 1.82) is 0 Å². The second-order valence-electron chi connectivity index (χ2n) is 6.64. The summed E-state index contributed by atoms with van der Waals surface area (Å²) < 4.78 is 5.08. The number of nitro groups is 1. The Morgan fingerprint density at radius 1 is 1.10 bits per heavy atom. The highest BCUT2D eigenvalue weighted by Crippen LogP contribution is 2.39. The average Bonchev–Trinajstić information content (AvgIpc) is 3.13. The first-order valence-electron chi connectivity index (χ1n) is 8.87. The minimum Gasteiger partial charge on any atom is -0.490 e. The predicted molar refractivity (Wildman–Crippen MR) is 115 cm³/mol. The van der Waals surface area contributed by atoms with Crippen LogP contribution >= 0.6 is 11.3 Å². The number of nitro benzene ring substituents is 1. The molecule has 0 aliphatic carbocycles. The summed E-state index contributed by atoms with van der Waals surface area (Å²) in [6, 6.07) is 11.1. The molecule has 0 aliphatic rings. The van der Waals surface area contributed by atoms with E-state index in [0.29, 0.717) is 11.5 Å². The number of benzene rings is 2. The minimum absolute atomic E-state index is 0.109. The van der Waals surface area contributed by atoms with Crippen molar-refractivity contribution in [2.24, 2.45) is 0 Å². The maximum absolute atomic E-state index is 11.3. The number of aryl methyl sites for hydroxylation is 2. The highest BCUT2D eigenvalue weighted by Gasteiger charge is 2.18. The zero-order chi connectivity index (χ0) is 20.5. The third kappa shape index (κ3) is 3.50. The van der Waals surface area contributed by atoms with Crippen LogP contribution in [0.5, 0.6) is 5.75 Å². The number of aromatic nitrogens is 2. The Balaban J connectivity index is 1.82. The van der Waals surface area contributed by atoms with Crippen LogP contribution in [0.1, 0.15) is 11.1 Å². The molecule has 146 valence electrons. The first kappa shape index (κ1) is 18.8. The fraction of sp³-hybridized carbons (Fsp3) is 0.143. The van der Waals surface area contributed by atoms with E-state index in [1.807, 2.05) is 0 Å². The van der Waals surface area contributed by atoms with E-state index in [9.17, 15) is 10.1 Å². The van der Waals surface area contributed by atoms with Crippen molar-refractivity contribution in [3.63, 3.8) is 0 Å². The van der Waals surface area contributed by atoms with Gasteiger partial charge in [0.2, 0.25) is 0 Å². The van der Waals surface area contributed by atoms with Gasteiger partial charge in [-0.05, 0) is 37.1 Å². The van der Waals surface area contributed by atoms with Crippen molar-refractivity contribution < 1.29 is 9.66 Å². The van der Waals surface area contributed by atoms with E-state index in [-0.39, 0.29) is 11.4 Å². The zero-order valence-electron chi connectivity index (χ0n) is 16.1. The van der Waals surface area contributed by atoms with Crippen LogP contribution in [-0.2, 0) is 0 Å². The second kappa shape index (κ2) is 7.48. The van der Waals surface area contributed by atoms with E-state index in [2.05, 4.69) is 52.7 Å². The number of hydrogen-bond acceptors (Lipinski definition) is 7. The van der Waals surface area contributed by atoms with Gasteiger partial charge < -0.3 is 10.1 Å². The summed E-state index contributed by atoms with van der Waals surface area (Å²) in [6.45, 7) is 4.14. The topological polar surface area (TPSA) is 90.2 Å². The van der Waals surface area contributed by atoms with Crippen molar-refractivity contribution in [3.05, 3.63) is 69.3 Å². The van der Waals surface area contributed by atoms with Crippen LogP contribution in [0.15, 0.2) is 48.1 Å². The van der Waals surface area contributed by atoms with E-state index in [1.54, 1.807) is 23.5 Å². The van der Waals surface area contributed by atoms with Crippen LogP contribution in [0.4, 0.5) is 17.2 Å². The van der Waals surface area contributed by atoms with Crippen LogP contribution in [0, 0.1) is 24.0 Å². The molecule has 0 radical (unpaired) electrons. The molecule has 0 spiro atoms. The maximum Gasteiger partial charge on any atom is 0.312 e. The Hall–Kier alpha value is -3.52. The van der Waals surface area contributed by atoms with E-state index in [1.165, 1.54) is 30.6 Å². The van der Waals surface area contributed by atoms with E-state index in [4.69, 9.17) is 4.74 Å². The van der Waals surface area contributed by atoms with Gasteiger partial charge in [0, 0.05) is 22.7 Å². The largest absolute Gasteiger partial charge is 0.490 e. The second-order valence-corrected chi connectivity index (χ2v) is 7.50. The summed E-state index contributed by atoms with van der Waals surface area (Å²) >= 11 is 1.54. The summed E-state index contributed by atoms with van der Waals surface area (Å²) in [5.41, 5.74) is 4.96. The highest BCUT2D eigenvalue weighted by atomic mass is 32.1. The van der Waals surface area contributed by atoms with Crippen LogP contribution in [0.3, 0.4) is 0 Å². The summed E-state index contributed by atoms with van der Waals surface area (Å²) in [4.78, 5) is 20.5. The van der Waals surface area contributed by atoms with Crippen LogP contribution in [-0.4, -0.2) is 22.0 Å². The Morgan fingerprint density at radius 3 is 2.66 bits per heavy atom. The van der Waals surface area contributed by atoms with Gasteiger partial charge >= 0.3 is 5.69 Å². The van der Waals surface area contributed by atoms with E-state index in [0.717, 1.165) is 21.3 Å². The quantitative estimate of drug-likeness (QED) is 0.341. The van der Waals surface area contributed by atoms with Crippen molar-refractivity contribution in [3.8, 4) is 16.9 Å². The Labute approximate surface area is 171 Å². The van der Waals surface area contributed by atoms with Crippen molar-refractivity contribution in [2.45, 2.75) is 13.8 Å². The molecule has 2 aromatic heterocycles. The lowest BCUT2D eigenvalue weighted by Crippen LogP contribution is -1.98. The number of rotatable bonds is 5. The van der Waals surface area contributed by atoms with Gasteiger partial charge in [0.1, 0.15) is 17.0 Å². The van der Waals surface area contributed by atoms with Crippen molar-refractivity contribution in [2.75, 3.05) is 12.4 Å². The van der Waals surface area contributed by atoms with Gasteiger partial charge in [-0.1, -0.05) is 23.8 Å². The number of nitrogens with zero attached hydrogens (tertiary/aromatic N) is 3. The molecule has 0 fully saturated rings. The molecule has 1 N–H and O–H groups in total. The summed E-state index contributed by atoms with van der Waals surface area (Å²) in [5.74, 6) is 0.811. The van der Waals surface area contributed by atoms with Crippen LogP contribution < -0.4 is 10.1 Å². The van der Waals surface area contributed by atoms with E-state index < -0.39 is 4.92 Å². The first-order valence-corrected chi connectivity index (χ1v) is 9.75. The zero-order valence-corrected chi connectivity index (χ0v) is 16.9. The van der Waals surface area contributed by atoms with Crippen LogP contribution in [0.2, 0.25) is 0 Å². The number of hydrogen-bond donors (Lipinski definition) is 1. The molecule has 4 rings (SSSR count). The fourth-order valence-corrected chi connectivity index (χ4v) is 4.24. The van der Waals surface area contributed by atoms with Gasteiger partial charge in [0.05, 0.1) is 17.4 Å². The number of anilines is 2. The molecular formula is C21H18N4O3S. The number of methoxy groups -OCH3 is 1. The van der Waals surface area contributed by atoms with Gasteiger partial charge in [0.15, 0.2) is 5.75 Å². The fourth-order valence-electron chi connectivity index (χ4n) is 3.33. The summed E-state index contributed by atoms with van der Waals surface area (Å²) in [6.07, 6.45) is 1.49. The average molecular weight is 406 g/mol. The molecule has 2 aromatic carbocycles. The molecule has 2 heterocycles. The lowest BCUT2D eigenvalue weighted by molar-refractivity contribution is -0.385. The summed E-state index contributed by atoms with van der Waals surface area (Å²) in [5, 5.41) is 17.5.